The Balaban J connectivity index is 1.85. The molecule has 0 amide bonds. The molecule has 1 saturated carbocycles. The van der Waals surface area contributed by atoms with Gasteiger partial charge in [-0.05, 0) is 37.1 Å². The fourth-order valence-corrected chi connectivity index (χ4v) is 2.45. The Kier molecular flexibility index (Phi) is 5.07. The van der Waals surface area contributed by atoms with E-state index in [1.807, 2.05) is 24.3 Å². The van der Waals surface area contributed by atoms with Crippen molar-refractivity contribution in [3.05, 3.63) is 24.3 Å². The van der Waals surface area contributed by atoms with Crippen molar-refractivity contribution in [1.82, 2.24) is 0 Å². The first-order valence-corrected chi connectivity index (χ1v) is 6.95. The van der Waals surface area contributed by atoms with Crippen molar-refractivity contribution in [2.24, 2.45) is 0 Å². The SMILES string of the molecule is O=C(O)COc1ccc(NC2CCCCCC2)cc1. The van der Waals surface area contributed by atoms with E-state index < -0.39 is 5.97 Å². The first-order chi connectivity index (χ1) is 9.24. The van der Waals surface area contributed by atoms with E-state index in [1.54, 1.807) is 0 Å². The van der Waals surface area contributed by atoms with Crippen LogP contribution < -0.4 is 10.1 Å². The van der Waals surface area contributed by atoms with Crippen molar-refractivity contribution in [2.75, 3.05) is 11.9 Å². The molecule has 0 atom stereocenters. The van der Waals surface area contributed by atoms with Crippen LogP contribution in [0.3, 0.4) is 0 Å². The molecule has 1 aliphatic rings. The predicted molar refractivity (Wildman–Crippen MR) is 74.7 cm³/mol. The number of rotatable bonds is 5. The zero-order chi connectivity index (χ0) is 13.5. The Morgan fingerprint density at radius 1 is 1.16 bits per heavy atom. The lowest BCUT2D eigenvalue weighted by molar-refractivity contribution is -0.139. The van der Waals surface area contributed by atoms with E-state index in [0.717, 1.165) is 5.69 Å². The third kappa shape index (κ3) is 4.81. The van der Waals surface area contributed by atoms with Gasteiger partial charge in [-0.3, -0.25) is 0 Å². The van der Waals surface area contributed by atoms with Crippen molar-refractivity contribution in [2.45, 2.75) is 44.6 Å². The summed E-state index contributed by atoms with van der Waals surface area (Å²) in [6, 6.07) is 8.07. The Bertz CT molecular complexity index is 394. The second-order valence-corrected chi connectivity index (χ2v) is 5.04. The molecule has 19 heavy (non-hydrogen) atoms. The van der Waals surface area contributed by atoms with Crippen molar-refractivity contribution in [3.8, 4) is 5.75 Å². The molecule has 0 radical (unpaired) electrons. The molecule has 0 spiro atoms. The molecule has 1 aliphatic carbocycles. The summed E-state index contributed by atoms with van der Waals surface area (Å²) in [6.07, 6.45) is 7.77. The molecular weight excluding hydrogens is 242 g/mol. The molecule has 0 bridgehead atoms. The molecular formula is C15H21NO3. The highest BCUT2D eigenvalue weighted by Crippen LogP contribution is 2.22. The van der Waals surface area contributed by atoms with Gasteiger partial charge in [-0.25, -0.2) is 4.79 Å². The number of benzene rings is 1. The molecule has 104 valence electrons. The van der Waals surface area contributed by atoms with Crippen LogP contribution in [0.5, 0.6) is 5.75 Å². The van der Waals surface area contributed by atoms with Gasteiger partial charge in [0.2, 0.25) is 0 Å². The minimum absolute atomic E-state index is 0.296. The number of anilines is 1. The monoisotopic (exact) mass is 263 g/mol. The van der Waals surface area contributed by atoms with Crippen molar-refractivity contribution < 1.29 is 14.6 Å². The molecule has 1 aromatic carbocycles. The summed E-state index contributed by atoms with van der Waals surface area (Å²) in [6.45, 7) is -0.296. The second kappa shape index (κ2) is 7.02. The molecule has 0 unspecified atom stereocenters. The fraction of sp³-hybridized carbons (Fsp3) is 0.533. The highest BCUT2D eigenvalue weighted by atomic mass is 16.5. The maximum Gasteiger partial charge on any atom is 0.341 e. The van der Waals surface area contributed by atoms with Gasteiger partial charge in [-0.2, -0.15) is 0 Å². The molecule has 2 rings (SSSR count). The minimum Gasteiger partial charge on any atom is -0.482 e. The van der Waals surface area contributed by atoms with Crippen molar-refractivity contribution in [3.63, 3.8) is 0 Å². The number of hydrogen-bond donors (Lipinski definition) is 2. The molecule has 0 heterocycles. The number of aliphatic carboxylic acids is 1. The van der Waals surface area contributed by atoms with Crippen LogP contribution in [0.15, 0.2) is 24.3 Å². The fourth-order valence-electron chi connectivity index (χ4n) is 2.45. The zero-order valence-corrected chi connectivity index (χ0v) is 11.1. The van der Waals surface area contributed by atoms with Crippen LogP contribution in [0.25, 0.3) is 0 Å². The highest BCUT2D eigenvalue weighted by molar-refractivity contribution is 5.68. The van der Waals surface area contributed by atoms with Crippen LogP contribution in [-0.4, -0.2) is 23.7 Å². The number of ether oxygens (including phenoxy) is 1. The molecule has 4 heteroatoms. The van der Waals surface area contributed by atoms with Gasteiger partial charge in [0.25, 0.3) is 0 Å². The molecule has 0 aliphatic heterocycles. The van der Waals surface area contributed by atoms with E-state index in [9.17, 15) is 4.79 Å². The second-order valence-electron chi connectivity index (χ2n) is 5.04. The first kappa shape index (κ1) is 13.7. The summed E-state index contributed by atoms with van der Waals surface area (Å²) in [7, 11) is 0. The van der Waals surface area contributed by atoms with Crippen LogP contribution in [0, 0.1) is 0 Å². The average Bonchev–Trinajstić information content (AvgIpc) is 2.66. The van der Waals surface area contributed by atoms with Crippen LogP contribution in [0.4, 0.5) is 5.69 Å². The number of carboxylic acid groups (broad SMARTS) is 1. The Morgan fingerprint density at radius 2 is 1.79 bits per heavy atom. The quantitative estimate of drug-likeness (QED) is 0.800. The van der Waals surface area contributed by atoms with E-state index in [0.29, 0.717) is 11.8 Å². The lowest BCUT2D eigenvalue weighted by atomic mass is 10.1. The van der Waals surface area contributed by atoms with Crippen LogP contribution in [-0.2, 0) is 4.79 Å². The maximum atomic E-state index is 10.4. The van der Waals surface area contributed by atoms with Gasteiger partial charge in [-0.15, -0.1) is 0 Å². The predicted octanol–water partition coefficient (Wildman–Crippen LogP) is 3.28. The van der Waals surface area contributed by atoms with Gasteiger partial charge in [-0.1, -0.05) is 25.7 Å². The highest BCUT2D eigenvalue weighted by Gasteiger charge is 2.11. The number of carboxylic acids is 1. The third-order valence-electron chi connectivity index (χ3n) is 3.44. The largest absolute Gasteiger partial charge is 0.482 e. The lowest BCUT2D eigenvalue weighted by Crippen LogP contribution is -2.18. The van der Waals surface area contributed by atoms with Gasteiger partial charge in [0, 0.05) is 11.7 Å². The Labute approximate surface area is 113 Å². The standard InChI is InChI=1S/C15H21NO3/c17-15(18)11-19-14-9-7-13(8-10-14)16-12-5-3-1-2-4-6-12/h7-10,12,16H,1-6,11H2,(H,17,18). The van der Waals surface area contributed by atoms with Crippen LogP contribution in [0.1, 0.15) is 38.5 Å². The van der Waals surface area contributed by atoms with Gasteiger partial charge in [0.1, 0.15) is 5.75 Å². The van der Waals surface area contributed by atoms with Crippen molar-refractivity contribution in [1.29, 1.82) is 0 Å². The van der Waals surface area contributed by atoms with E-state index in [4.69, 9.17) is 9.84 Å². The van der Waals surface area contributed by atoms with E-state index in [-0.39, 0.29) is 6.61 Å². The summed E-state index contributed by atoms with van der Waals surface area (Å²) in [4.78, 5) is 10.4. The Hall–Kier alpha value is -1.71. The molecule has 2 N–H and O–H groups in total. The molecule has 0 aromatic heterocycles. The average molecular weight is 263 g/mol. The van der Waals surface area contributed by atoms with Crippen LogP contribution >= 0.6 is 0 Å². The summed E-state index contributed by atoms with van der Waals surface area (Å²) >= 11 is 0. The molecule has 0 saturated heterocycles. The van der Waals surface area contributed by atoms with Gasteiger partial charge < -0.3 is 15.2 Å². The Morgan fingerprint density at radius 3 is 2.37 bits per heavy atom. The molecule has 1 aromatic rings. The summed E-state index contributed by atoms with van der Waals surface area (Å²) in [5.41, 5.74) is 1.08. The first-order valence-electron chi connectivity index (χ1n) is 6.95. The maximum absolute atomic E-state index is 10.4. The normalized spacial score (nSPS) is 16.6. The van der Waals surface area contributed by atoms with E-state index >= 15 is 0 Å². The summed E-state index contributed by atoms with van der Waals surface area (Å²) in [5.74, 6) is -0.366. The summed E-state index contributed by atoms with van der Waals surface area (Å²) in [5, 5.41) is 12.1. The zero-order valence-electron chi connectivity index (χ0n) is 11.1. The number of nitrogens with one attached hydrogen (secondary N) is 1. The van der Waals surface area contributed by atoms with Gasteiger partial charge in [0.15, 0.2) is 6.61 Å². The third-order valence-corrected chi connectivity index (χ3v) is 3.44. The lowest BCUT2D eigenvalue weighted by Gasteiger charge is -2.17. The van der Waals surface area contributed by atoms with Crippen molar-refractivity contribution >= 4 is 11.7 Å². The van der Waals surface area contributed by atoms with Crippen LogP contribution in [0.2, 0.25) is 0 Å². The summed E-state index contributed by atoms with van der Waals surface area (Å²) < 4.78 is 5.11. The topological polar surface area (TPSA) is 58.6 Å². The number of carbonyl (C=O) groups is 1. The molecule has 1 fully saturated rings. The molecule has 4 nitrogen and oxygen atoms in total. The minimum atomic E-state index is -0.958. The number of hydrogen-bond acceptors (Lipinski definition) is 3. The van der Waals surface area contributed by atoms with Gasteiger partial charge >= 0.3 is 5.97 Å². The van der Waals surface area contributed by atoms with E-state index in [1.165, 1.54) is 38.5 Å². The van der Waals surface area contributed by atoms with E-state index in [2.05, 4.69) is 5.32 Å². The van der Waals surface area contributed by atoms with Gasteiger partial charge in [0.05, 0.1) is 0 Å². The smallest absolute Gasteiger partial charge is 0.341 e.